The maximum atomic E-state index is 12.1. The second-order valence-corrected chi connectivity index (χ2v) is 7.55. The van der Waals surface area contributed by atoms with Crippen LogP contribution < -0.4 is 11.1 Å². The third-order valence-electron chi connectivity index (χ3n) is 3.02. The Balaban J connectivity index is 2.05. The molecule has 0 aliphatic carbocycles. The fourth-order valence-corrected chi connectivity index (χ4v) is 3.70. The number of rotatable bonds is 5. The van der Waals surface area contributed by atoms with E-state index in [2.05, 4.69) is 24.1 Å². The summed E-state index contributed by atoms with van der Waals surface area (Å²) in [7, 11) is 0. The zero-order valence-electron chi connectivity index (χ0n) is 11.8. The van der Waals surface area contributed by atoms with Crippen LogP contribution in [-0.4, -0.2) is 21.4 Å². The Hall–Kier alpha value is -1.27. The molecular weight excluding hydrogens is 290 g/mol. The lowest BCUT2D eigenvalue weighted by Crippen LogP contribution is -2.24. The average molecular weight is 309 g/mol. The summed E-state index contributed by atoms with van der Waals surface area (Å²) in [6.45, 7) is 6.19. The molecule has 4 nitrogen and oxygen atoms in total. The highest BCUT2D eigenvalue weighted by molar-refractivity contribution is 8.01. The zero-order chi connectivity index (χ0) is 14.7. The second-order valence-electron chi connectivity index (χ2n) is 4.73. The van der Waals surface area contributed by atoms with Gasteiger partial charge in [-0.1, -0.05) is 25.2 Å². The number of nitrogens with one attached hydrogen (secondary N) is 1. The summed E-state index contributed by atoms with van der Waals surface area (Å²) >= 11 is 3.13. The number of nitrogens with two attached hydrogens (primary N) is 1. The monoisotopic (exact) mass is 309 g/mol. The molecule has 2 rings (SSSR count). The van der Waals surface area contributed by atoms with Crippen molar-refractivity contribution < 1.29 is 4.79 Å². The van der Waals surface area contributed by atoms with Crippen LogP contribution in [0.3, 0.4) is 0 Å². The summed E-state index contributed by atoms with van der Waals surface area (Å²) in [6, 6.07) is 5.56. The summed E-state index contributed by atoms with van der Waals surface area (Å²) in [5, 5.41) is 3.91. The highest BCUT2D eigenvalue weighted by Crippen LogP contribution is 2.28. The molecular formula is C14H19N3OS2. The number of thiazole rings is 1. The molecule has 2 atom stereocenters. The van der Waals surface area contributed by atoms with E-state index in [-0.39, 0.29) is 11.2 Å². The smallest absolute Gasteiger partial charge is 0.238 e. The van der Waals surface area contributed by atoms with Crippen molar-refractivity contribution in [2.45, 2.75) is 37.7 Å². The molecule has 0 saturated carbocycles. The first-order valence-corrected chi connectivity index (χ1v) is 8.38. The maximum Gasteiger partial charge on any atom is 0.238 e. The lowest BCUT2D eigenvalue weighted by Gasteiger charge is -2.14. The SMILES string of the molecule is CCC(C)SC(C)C(=O)Nc1nc2ccc(N)cc2s1. The van der Waals surface area contributed by atoms with Crippen molar-refractivity contribution in [3.8, 4) is 0 Å². The number of thioether (sulfide) groups is 1. The van der Waals surface area contributed by atoms with Gasteiger partial charge in [0, 0.05) is 10.9 Å². The average Bonchev–Trinajstić information content (AvgIpc) is 2.79. The van der Waals surface area contributed by atoms with E-state index in [1.165, 1.54) is 11.3 Å². The first-order chi connectivity index (χ1) is 9.49. The van der Waals surface area contributed by atoms with E-state index in [1.807, 2.05) is 25.1 Å². The van der Waals surface area contributed by atoms with Crippen LogP contribution in [0.4, 0.5) is 10.8 Å². The van der Waals surface area contributed by atoms with Gasteiger partial charge in [-0.25, -0.2) is 4.98 Å². The van der Waals surface area contributed by atoms with Crippen molar-refractivity contribution in [1.29, 1.82) is 0 Å². The predicted molar refractivity (Wildman–Crippen MR) is 89.5 cm³/mol. The number of aromatic nitrogens is 1. The van der Waals surface area contributed by atoms with Gasteiger partial charge in [0.15, 0.2) is 5.13 Å². The largest absolute Gasteiger partial charge is 0.399 e. The Morgan fingerprint density at radius 3 is 2.95 bits per heavy atom. The molecule has 0 saturated heterocycles. The molecule has 0 radical (unpaired) electrons. The quantitative estimate of drug-likeness (QED) is 0.826. The Kier molecular flexibility index (Phi) is 4.88. The number of carbonyl (C=O) groups excluding carboxylic acids is 1. The number of anilines is 2. The van der Waals surface area contributed by atoms with Crippen molar-refractivity contribution in [3.05, 3.63) is 18.2 Å². The Morgan fingerprint density at radius 1 is 1.50 bits per heavy atom. The van der Waals surface area contributed by atoms with Crippen molar-refractivity contribution in [3.63, 3.8) is 0 Å². The first kappa shape index (κ1) is 15.1. The number of carbonyl (C=O) groups is 1. The number of amides is 1. The maximum absolute atomic E-state index is 12.1. The Labute approximate surface area is 127 Å². The molecule has 108 valence electrons. The summed E-state index contributed by atoms with van der Waals surface area (Å²) < 4.78 is 0.988. The van der Waals surface area contributed by atoms with E-state index in [0.29, 0.717) is 16.1 Å². The van der Waals surface area contributed by atoms with E-state index in [1.54, 1.807) is 11.8 Å². The van der Waals surface area contributed by atoms with Gasteiger partial charge in [0.05, 0.1) is 15.5 Å². The highest BCUT2D eigenvalue weighted by atomic mass is 32.2. The van der Waals surface area contributed by atoms with E-state index in [4.69, 9.17) is 5.73 Å². The van der Waals surface area contributed by atoms with Crippen molar-refractivity contribution in [2.75, 3.05) is 11.1 Å². The Morgan fingerprint density at radius 2 is 2.25 bits per heavy atom. The molecule has 0 aliphatic heterocycles. The molecule has 0 spiro atoms. The second kappa shape index (κ2) is 6.45. The van der Waals surface area contributed by atoms with Crippen LogP contribution in [-0.2, 0) is 4.79 Å². The summed E-state index contributed by atoms with van der Waals surface area (Å²) in [6.07, 6.45) is 1.06. The minimum Gasteiger partial charge on any atom is -0.399 e. The molecule has 2 unspecified atom stereocenters. The zero-order valence-corrected chi connectivity index (χ0v) is 13.5. The van der Waals surface area contributed by atoms with Gasteiger partial charge < -0.3 is 11.1 Å². The minimum absolute atomic E-state index is 0.00216. The third-order valence-corrected chi connectivity index (χ3v) is 5.38. The molecule has 0 aliphatic rings. The summed E-state index contributed by atoms with van der Waals surface area (Å²) in [5.41, 5.74) is 7.31. The van der Waals surface area contributed by atoms with E-state index in [0.717, 1.165) is 16.6 Å². The normalized spacial score (nSPS) is 14.2. The van der Waals surface area contributed by atoms with Gasteiger partial charge in [0.2, 0.25) is 5.91 Å². The number of nitrogen functional groups attached to an aromatic ring is 1. The van der Waals surface area contributed by atoms with E-state index in [9.17, 15) is 4.79 Å². The number of hydrogen-bond donors (Lipinski definition) is 2. The molecule has 3 N–H and O–H groups in total. The highest BCUT2D eigenvalue weighted by Gasteiger charge is 2.17. The topological polar surface area (TPSA) is 68.0 Å². The van der Waals surface area contributed by atoms with Crippen molar-refractivity contribution >= 4 is 50.0 Å². The fraction of sp³-hybridized carbons (Fsp3) is 0.429. The number of nitrogens with zero attached hydrogens (tertiary/aromatic N) is 1. The molecule has 0 bridgehead atoms. The van der Waals surface area contributed by atoms with Crippen LogP contribution in [0, 0.1) is 0 Å². The summed E-state index contributed by atoms with van der Waals surface area (Å²) in [4.78, 5) is 16.5. The van der Waals surface area contributed by atoms with Crippen molar-refractivity contribution in [1.82, 2.24) is 4.98 Å². The number of fused-ring (bicyclic) bond motifs is 1. The molecule has 1 aromatic heterocycles. The lowest BCUT2D eigenvalue weighted by molar-refractivity contribution is -0.115. The number of hydrogen-bond acceptors (Lipinski definition) is 5. The van der Waals surface area contributed by atoms with Crippen LogP contribution in [0.2, 0.25) is 0 Å². The third kappa shape index (κ3) is 3.64. The van der Waals surface area contributed by atoms with Crippen LogP contribution >= 0.6 is 23.1 Å². The predicted octanol–water partition coefficient (Wildman–Crippen LogP) is 3.74. The van der Waals surface area contributed by atoms with Gasteiger partial charge >= 0.3 is 0 Å². The van der Waals surface area contributed by atoms with Crippen LogP contribution in [0.15, 0.2) is 18.2 Å². The van der Waals surface area contributed by atoms with Gasteiger partial charge in [0.1, 0.15) is 0 Å². The van der Waals surface area contributed by atoms with E-state index < -0.39 is 0 Å². The lowest BCUT2D eigenvalue weighted by atomic mass is 10.3. The molecule has 6 heteroatoms. The van der Waals surface area contributed by atoms with Crippen LogP contribution in [0.1, 0.15) is 27.2 Å². The van der Waals surface area contributed by atoms with Gasteiger partial charge in [-0.15, -0.1) is 11.8 Å². The van der Waals surface area contributed by atoms with Gasteiger partial charge in [-0.3, -0.25) is 4.79 Å². The number of benzene rings is 1. The molecule has 1 amide bonds. The van der Waals surface area contributed by atoms with Gasteiger partial charge in [-0.05, 0) is 31.5 Å². The van der Waals surface area contributed by atoms with E-state index >= 15 is 0 Å². The van der Waals surface area contributed by atoms with Gasteiger partial charge in [-0.2, -0.15) is 0 Å². The molecule has 0 fully saturated rings. The fourth-order valence-electron chi connectivity index (χ4n) is 1.71. The summed E-state index contributed by atoms with van der Waals surface area (Å²) in [5.74, 6) is 0.00216. The molecule has 1 heterocycles. The van der Waals surface area contributed by atoms with Gasteiger partial charge in [0.25, 0.3) is 0 Å². The minimum atomic E-state index is -0.0815. The molecule has 2 aromatic rings. The first-order valence-electron chi connectivity index (χ1n) is 6.62. The molecule has 20 heavy (non-hydrogen) atoms. The van der Waals surface area contributed by atoms with Crippen LogP contribution in [0.5, 0.6) is 0 Å². The standard InChI is InChI=1S/C14H19N3OS2/c1-4-8(2)19-9(3)13(18)17-14-16-11-6-5-10(15)7-12(11)20-14/h5-9H,4,15H2,1-3H3,(H,16,17,18). The Bertz CT molecular complexity index is 611. The molecule has 1 aromatic carbocycles. The van der Waals surface area contributed by atoms with Crippen molar-refractivity contribution in [2.24, 2.45) is 0 Å². The van der Waals surface area contributed by atoms with Crippen LogP contribution in [0.25, 0.3) is 10.2 Å².